The molecule has 3 aromatic rings. The summed E-state index contributed by atoms with van der Waals surface area (Å²) in [4.78, 5) is 27.9. The fraction of sp³-hybridized carbons (Fsp3) is 0.238. The molecular formula is C21H19ClN4O. The van der Waals surface area contributed by atoms with Crippen molar-refractivity contribution in [2.75, 3.05) is 13.1 Å². The molecule has 1 fully saturated rings. The first-order chi connectivity index (χ1) is 13.2. The highest BCUT2D eigenvalue weighted by molar-refractivity contribution is 6.30. The lowest BCUT2D eigenvalue weighted by molar-refractivity contribution is 0.0705. The number of halogens is 1. The maximum Gasteiger partial charge on any atom is 0.255 e. The summed E-state index contributed by atoms with van der Waals surface area (Å²) >= 11 is 6.10. The summed E-state index contributed by atoms with van der Waals surface area (Å²) in [6, 6.07) is 11.2. The fourth-order valence-electron chi connectivity index (χ4n) is 3.44. The molecular weight excluding hydrogens is 360 g/mol. The van der Waals surface area contributed by atoms with E-state index in [4.69, 9.17) is 16.6 Å². The van der Waals surface area contributed by atoms with Gasteiger partial charge in [-0.15, -0.1) is 0 Å². The zero-order chi connectivity index (χ0) is 18.6. The van der Waals surface area contributed by atoms with E-state index in [9.17, 15) is 4.79 Å². The number of carbonyl (C=O) groups is 1. The Hall–Kier alpha value is -2.79. The van der Waals surface area contributed by atoms with Crippen molar-refractivity contribution in [2.45, 2.75) is 18.8 Å². The van der Waals surface area contributed by atoms with Gasteiger partial charge in [0, 0.05) is 48.2 Å². The summed E-state index contributed by atoms with van der Waals surface area (Å²) in [6.45, 7) is 1.40. The number of benzene rings is 1. The van der Waals surface area contributed by atoms with Crippen molar-refractivity contribution in [2.24, 2.45) is 0 Å². The minimum atomic E-state index is 0.0201. The van der Waals surface area contributed by atoms with Gasteiger partial charge in [-0.25, -0.2) is 4.98 Å². The summed E-state index contributed by atoms with van der Waals surface area (Å²) in [5.41, 5.74) is 3.27. The Kier molecular flexibility index (Phi) is 5.12. The van der Waals surface area contributed by atoms with Crippen molar-refractivity contribution in [3.8, 4) is 11.3 Å². The lowest BCUT2D eigenvalue weighted by Gasteiger charge is -2.32. The van der Waals surface area contributed by atoms with Crippen LogP contribution >= 0.6 is 11.6 Å². The Balaban J connectivity index is 1.55. The van der Waals surface area contributed by atoms with Gasteiger partial charge in [0.25, 0.3) is 5.91 Å². The third-order valence-electron chi connectivity index (χ3n) is 4.81. The standard InChI is InChI=1S/C21H19ClN4O/c22-18-7-1-4-15(10-18)19-12-24-13-20(25-19)17-6-3-9-26(14-17)21(27)16-5-2-8-23-11-16/h1-2,4-5,7-8,10-13,17H,3,6,9,14H2/t17-/m1/s1. The normalized spacial score (nSPS) is 16.9. The molecule has 1 aliphatic heterocycles. The summed E-state index contributed by atoms with van der Waals surface area (Å²) < 4.78 is 0. The van der Waals surface area contributed by atoms with Crippen molar-refractivity contribution >= 4 is 17.5 Å². The van der Waals surface area contributed by atoms with E-state index < -0.39 is 0 Å². The minimum absolute atomic E-state index is 0.0201. The van der Waals surface area contributed by atoms with Crippen molar-refractivity contribution in [3.05, 3.63) is 77.5 Å². The molecule has 0 aliphatic carbocycles. The van der Waals surface area contributed by atoms with Gasteiger partial charge in [0.05, 0.1) is 23.1 Å². The number of aromatic nitrogens is 3. The highest BCUT2D eigenvalue weighted by atomic mass is 35.5. The molecule has 1 aromatic carbocycles. The predicted molar refractivity (Wildman–Crippen MR) is 105 cm³/mol. The van der Waals surface area contributed by atoms with Gasteiger partial charge in [-0.2, -0.15) is 0 Å². The molecule has 0 radical (unpaired) electrons. The van der Waals surface area contributed by atoms with Gasteiger partial charge >= 0.3 is 0 Å². The average molecular weight is 379 g/mol. The van der Waals surface area contributed by atoms with Gasteiger partial charge in [0.2, 0.25) is 0 Å². The largest absolute Gasteiger partial charge is 0.338 e. The number of amides is 1. The third-order valence-corrected chi connectivity index (χ3v) is 5.04. The zero-order valence-electron chi connectivity index (χ0n) is 14.8. The minimum Gasteiger partial charge on any atom is -0.338 e. The molecule has 0 saturated carbocycles. The Bertz CT molecular complexity index is 948. The second-order valence-corrected chi connectivity index (χ2v) is 7.11. The highest BCUT2D eigenvalue weighted by Crippen LogP contribution is 2.28. The molecule has 0 spiro atoms. The second kappa shape index (κ2) is 7.84. The Morgan fingerprint density at radius 2 is 2.04 bits per heavy atom. The number of nitrogens with zero attached hydrogens (tertiary/aromatic N) is 4. The van der Waals surface area contributed by atoms with Gasteiger partial charge < -0.3 is 4.90 Å². The molecule has 2 aromatic heterocycles. The maximum absolute atomic E-state index is 12.7. The van der Waals surface area contributed by atoms with Crippen LogP contribution in [-0.4, -0.2) is 38.8 Å². The lowest BCUT2D eigenvalue weighted by Crippen LogP contribution is -2.39. The van der Waals surface area contributed by atoms with E-state index in [1.165, 1.54) is 0 Å². The van der Waals surface area contributed by atoms with E-state index in [2.05, 4.69) is 9.97 Å². The number of carbonyl (C=O) groups excluding carboxylic acids is 1. The first-order valence-corrected chi connectivity index (χ1v) is 9.36. The molecule has 1 amide bonds. The summed E-state index contributed by atoms with van der Waals surface area (Å²) in [7, 11) is 0. The Morgan fingerprint density at radius 3 is 2.85 bits per heavy atom. The molecule has 0 bridgehead atoms. The number of hydrogen-bond acceptors (Lipinski definition) is 4. The predicted octanol–water partition coefficient (Wildman–Crippen LogP) is 4.21. The first-order valence-electron chi connectivity index (χ1n) is 8.98. The van der Waals surface area contributed by atoms with Crippen LogP contribution in [0.3, 0.4) is 0 Å². The average Bonchev–Trinajstić information content (AvgIpc) is 2.74. The van der Waals surface area contributed by atoms with E-state index in [-0.39, 0.29) is 11.8 Å². The molecule has 4 rings (SSSR count). The smallest absolute Gasteiger partial charge is 0.255 e. The molecule has 0 unspecified atom stereocenters. The van der Waals surface area contributed by atoms with Crippen LogP contribution in [0.2, 0.25) is 5.02 Å². The van der Waals surface area contributed by atoms with E-state index >= 15 is 0 Å². The number of hydrogen-bond donors (Lipinski definition) is 0. The Labute approximate surface area is 163 Å². The van der Waals surface area contributed by atoms with E-state index in [0.717, 1.165) is 36.3 Å². The highest BCUT2D eigenvalue weighted by Gasteiger charge is 2.26. The SMILES string of the molecule is O=C(c1cccnc1)N1CCC[C@@H](c2cncc(-c3cccc(Cl)c3)n2)C1. The number of pyridine rings is 1. The molecule has 1 aliphatic rings. The molecule has 27 heavy (non-hydrogen) atoms. The fourth-order valence-corrected chi connectivity index (χ4v) is 3.63. The molecule has 3 heterocycles. The summed E-state index contributed by atoms with van der Waals surface area (Å²) in [6.07, 6.45) is 8.77. The topological polar surface area (TPSA) is 59.0 Å². The molecule has 136 valence electrons. The summed E-state index contributed by atoms with van der Waals surface area (Å²) in [5.74, 6) is 0.192. The van der Waals surface area contributed by atoms with Crippen LogP contribution in [0.5, 0.6) is 0 Å². The zero-order valence-corrected chi connectivity index (χ0v) is 15.5. The van der Waals surface area contributed by atoms with Crippen LogP contribution in [0.4, 0.5) is 0 Å². The van der Waals surface area contributed by atoms with Crippen LogP contribution in [0.25, 0.3) is 11.3 Å². The van der Waals surface area contributed by atoms with Crippen molar-refractivity contribution < 1.29 is 4.79 Å². The Morgan fingerprint density at radius 1 is 1.11 bits per heavy atom. The van der Waals surface area contributed by atoms with E-state index in [1.807, 2.05) is 29.2 Å². The van der Waals surface area contributed by atoms with E-state index in [1.54, 1.807) is 36.9 Å². The van der Waals surface area contributed by atoms with Crippen LogP contribution in [0, 0.1) is 0 Å². The van der Waals surface area contributed by atoms with Gasteiger partial charge in [-0.1, -0.05) is 23.7 Å². The van der Waals surface area contributed by atoms with Gasteiger partial charge in [-0.3, -0.25) is 14.8 Å². The van der Waals surface area contributed by atoms with Crippen LogP contribution in [0.1, 0.15) is 34.8 Å². The van der Waals surface area contributed by atoms with Gasteiger partial charge in [0.15, 0.2) is 0 Å². The summed E-state index contributed by atoms with van der Waals surface area (Å²) in [5, 5.41) is 0.672. The lowest BCUT2D eigenvalue weighted by atomic mass is 9.94. The molecule has 6 heteroatoms. The van der Waals surface area contributed by atoms with Crippen LogP contribution in [-0.2, 0) is 0 Å². The first kappa shape index (κ1) is 17.6. The van der Waals surface area contributed by atoms with E-state index in [0.29, 0.717) is 17.1 Å². The maximum atomic E-state index is 12.7. The van der Waals surface area contributed by atoms with Crippen molar-refractivity contribution in [1.82, 2.24) is 19.9 Å². The molecule has 5 nitrogen and oxygen atoms in total. The monoisotopic (exact) mass is 378 g/mol. The van der Waals surface area contributed by atoms with Crippen molar-refractivity contribution in [3.63, 3.8) is 0 Å². The number of rotatable bonds is 3. The van der Waals surface area contributed by atoms with Gasteiger partial charge in [-0.05, 0) is 37.1 Å². The number of likely N-dealkylation sites (tertiary alicyclic amines) is 1. The van der Waals surface area contributed by atoms with Crippen LogP contribution in [0.15, 0.2) is 61.2 Å². The number of piperidine rings is 1. The van der Waals surface area contributed by atoms with Crippen LogP contribution < -0.4 is 0 Å². The quantitative estimate of drug-likeness (QED) is 0.685. The van der Waals surface area contributed by atoms with Crippen molar-refractivity contribution in [1.29, 1.82) is 0 Å². The second-order valence-electron chi connectivity index (χ2n) is 6.67. The molecule has 0 N–H and O–H groups in total. The molecule has 1 saturated heterocycles. The third kappa shape index (κ3) is 3.98. The van der Waals surface area contributed by atoms with Gasteiger partial charge in [0.1, 0.15) is 0 Å². The molecule has 1 atom stereocenters.